The smallest absolute Gasteiger partial charge is 0.335 e. The van der Waals surface area contributed by atoms with Crippen molar-refractivity contribution in [1.29, 1.82) is 0 Å². The van der Waals surface area contributed by atoms with Crippen LogP contribution in [0.1, 0.15) is 35.7 Å². The third kappa shape index (κ3) is 1.61. The minimum atomic E-state index is -0.875. The van der Waals surface area contributed by atoms with Gasteiger partial charge in [-0.2, -0.15) is 0 Å². The van der Waals surface area contributed by atoms with Gasteiger partial charge in [-0.15, -0.1) is 0 Å². The van der Waals surface area contributed by atoms with Gasteiger partial charge in [-0.05, 0) is 29.7 Å². The van der Waals surface area contributed by atoms with Crippen LogP contribution in [0.4, 0.5) is 0 Å². The van der Waals surface area contributed by atoms with E-state index in [1.807, 2.05) is 12.3 Å². The average molecular weight is 203 g/mol. The van der Waals surface area contributed by atoms with Crippen molar-refractivity contribution >= 4 is 16.9 Å². The number of benzene rings is 1. The van der Waals surface area contributed by atoms with Crippen LogP contribution in [0, 0.1) is 0 Å². The standard InChI is InChI=1S/C12H13NO2/c1-7(2)10-6-9(12(14)15)5-8-3-4-13-11(8)10/h3-7,13H,1-2H3,(H,14,15). The highest BCUT2D eigenvalue weighted by Crippen LogP contribution is 2.26. The van der Waals surface area contributed by atoms with E-state index >= 15 is 0 Å². The first-order valence-electron chi connectivity index (χ1n) is 4.94. The molecule has 0 unspecified atom stereocenters. The van der Waals surface area contributed by atoms with Gasteiger partial charge in [0.2, 0.25) is 0 Å². The minimum Gasteiger partial charge on any atom is -0.478 e. The summed E-state index contributed by atoms with van der Waals surface area (Å²) in [5.74, 6) is -0.564. The van der Waals surface area contributed by atoms with Crippen LogP contribution in [-0.4, -0.2) is 16.1 Å². The molecule has 0 aliphatic rings. The summed E-state index contributed by atoms with van der Waals surface area (Å²) in [6.07, 6.45) is 1.84. The minimum absolute atomic E-state index is 0.311. The van der Waals surface area contributed by atoms with Gasteiger partial charge in [-0.3, -0.25) is 0 Å². The van der Waals surface area contributed by atoms with Crippen molar-refractivity contribution in [2.75, 3.05) is 0 Å². The number of carboxylic acids is 1. The zero-order chi connectivity index (χ0) is 11.0. The predicted octanol–water partition coefficient (Wildman–Crippen LogP) is 2.99. The third-order valence-corrected chi connectivity index (χ3v) is 2.56. The number of aromatic carboxylic acids is 1. The maximum atomic E-state index is 10.9. The second-order valence-corrected chi connectivity index (χ2v) is 3.97. The van der Waals surface area contributed by atoms with E-state index in [0.29, 0.717) is 11.5 Å². The lowest BCUT2D eigenvalue weighted by atomic mass is 9.98. The Morgan fingerprint density at radius 2 is 2.13 bits per heavy atom. The molecule has 2 aromatic rings. The van der Waals surface area contributed by atoms with E-state index in [1.165, 1.54) is 0 Å². The number of rotatable bonds is 2. The van der Waals surface area contributed by atoms with Crippen molar-refractivity contribution in [2.24, 2.45) is 0 Å². The molecule has 2 rings (SSSR count). The maximum absolute atomic E-state index is 10.9. The summed E-state index contributed by atoms with van der Waals surface area (Å²) in [6, 6.07) is 5.33. The SMILES string of the molecule is CC(C)c1cc(C(=O)O)cc2cc[nH]c12. The Labute approximate surface area is 87.7 Å². The van der Waals surface area contributed by atoms with Gasteiger partial charge in [-0.1, -0.05) is 13.8 Å². The van der Waals surface area contributed by atoms with E-state index in [0.717, 1.165) is 16.5 Å². The fourth-order valence-electron chi connectivity index (χ4n) is 1.78. The van der Waals surface area contributed by atoms with Gasteiger partial charge in [0.05, 0.1) is 5.56 Å². The Hall–Kier alpha value is -1.77. The summed E-state index contributed by atoms with van der Waals surface area (Å²) in [7, 11) is 0. The molecule has 3 nitrogen and oxygen atoms in total. The number of hydrogen-bond acceptors (Lipinski definition) is 1. The molecule has 0 radical (unpaired) electrons. The summed E-state index contributed by atoms with van der Waals surface area (Å²) in [5, 5.41) is 9.93. The van der Waals surface area contributed by atoms with E-state index in [9.17, 15) is 4.79 Å². The molecule has 0 saturated carbocycles. The molecule has 2 N–H and O–H groups in total. The summed E-state index contributed by atoms with van der Waals surface area (Å²) in [4.78, 5) is 14.1. The van der Waals surface area contributed by atoms with Crippen molar-refractivity contribution in [1.82, 2.24) is 4.98 Å². The number of nitrogens with one attached hydrogen (secondary N) is 1. The van der Waals surface area contributed by atoms with Crippen LogP contribution in [-0.2, 0) is 0 Å². The second-order valence-electron chi connectivity index (χ2n) is 3.97. The van der Waals surface area contributed by atoms with Crippen molar-refractivity contribution in [2.45, 2.75) is 19.8 Å². The molecular formula is C12H13NO2. The summed E-state index contributed by atoms with van der Waals surface area (Å²) in [5.41, 5.74) is 2.44. The van der Waals surface area contributed by atoms with Gasteiger partial charge >= 0.3 is 5.97 Å². The highest BCUT2D eigenvalue weighted by molar-refractivity contribution is 5.95. The predicted molar refractivity (Wildman–Crippen MR) is 59.3 cm³/mol. The summed E-state index contributed by atoms with van der Waals surface area (Å²) >= 11 is 0. The molecule has 78 valence electrons. The number of fused-ring (bicyclic) bond motifs is 1. The molecule has 0 amide bonds. The van der Waals surface area contributed by atoms with Crippen molar-refractivity contribution < 1.29 is 9.90 Å². The van der Waals surface area contributed by atoms with Crippen LogP contribution in [0.25, 0.3) is 10.9 Å². The van der Waals surface area contributed by atoms with Crippen molar-refractivity contribution in [3.63, 3.8) is 0 Å². The van der Waals surface area contributed by atoms with Gasteiger partial charge in [0.15, 0.2) is 0 Å². The molecule has 1 aromatic carbocycles. The first-order chi connectivity index (χ1) is 7.09. The maximum Gasteiger partial charge on any atom is 0.335 e. The number of carboxylic acid groups (broad SMARTS) is 1. The highest BCUT2D eigenvalue weighted by Gasteiger charge is 2.11. The normalized spacial score (nSPS) is 11.1. The molecule has 0 spiro atoms. The Kier molecular flexibility index (Phi) is 2.23. The monoisotopic (exact) mass is 203 g/mol. The topological polar surface area (TPSA) is 53.1 Å². The molecule has 3 heteroatoms. The van der Waals surface area contributed by atoms with E-state index in [-0.39, 0.29) is 0 Å². The summed E-state index contributed by atoms with van der Waals surface area (Å²) < 4.78 is 0. The van der Waals surface area contributed by atoms with Crippen LogP contribution in [0.3, 0.4) is 0 Å². The number of aromatic amines is 1. The molecule has 0 aliphatic carbocycles. The Morgan fingerprint density at radius 3 is 2.73 bits per heavy atom. The lowest BCUT2D eigenvalue weighted by molar-refractivity contribution is 0.0697. The van der Waals surface area contributed by atoms with Gasteiger partial charge in [0.1, 0.15) is 0 Å². The van der Waals surface area contributed by atoms with Crippen LogP contribution in [0.15, 0.2) is 24.4 Å². The summed E-state index contributed by atoms with van der Waals surface area (Å²) in [6.45, 7) is 4.11. The van der Waals surface area contributed by atoms with Crippen LogP contribution < -0.4 is 0 Å². The van der Waals surface area contributed by atoms with Crippen LogP contribution >= 0.6 is 0 Å². The largest absolute Gasteiger partial charge is 0.478 e. The van der Waals surface area contributed by atoms with Gasteiger partial charge in [0, 0.05) is 17.1 Å². The highest BCUT2D eigenvalue weighted by atomic mass is 16.4. The van der Waals surface area contributed by atoms with Gasteiger partial charge in [0.25, 0.3) is 0 Å². The molecule has 1 aromatic heterocycles. The fraction of sp³-hybridized carbons (Fsp3) is 0.250. The molecule has 0 saturated heterocycles. The van der Waals surface area contributed by atoms with E-state index in [2.05, 4.69) is 18.8 Å². The molecule has 15 heavy (non-hydrogen) atoms. The molecule has 0 fully saturated rings. The molecular weight excluding hydrogens is 190 g/mol. The van der Waals surface area contributed by atoms with Crippen LogP contribution in [0.2, 0.25) is 0 Å². The van der Waals surface area contributed by atoms with Gasteiger partial charge < -0.3 is 10.1 Å². The number of hydrogen-bond donors (Lipinski definition) is 2. The fourth-order valence-corrected chi connectivity index (χ4v) is 1.78. The Balaban J connectivity index is 2.74. The van der Waals surface area contributed by atoms with Crippen LogP contribution in [0.5, 0.6) is 0 Å². The number of aromatic nitrogens is 1. The number of carbonyl (C=O) groups is 1. The zero-order valence-electron chi connectivity index (χ0n) is 8.74. The lowest BCUT2D eigenvalue weighted by Crippen LogP contribution is -1.99. The lowest BCUT2D eigenvalue weighted by Gasteiger charge is -2.08. The van der Waals surface area contributed by atoms with E-state index in [1.54, 1.807) is 12.1 Å². The first kappa shape index (κ1) is 9.77. The molecule has 1 heterocycles. The average Bonchev–Trinajstić information content (AvgIpc) is 2.62. The van der Waals surface area contributed by atoms with E-state index in [4.69, 9.17) is 5.11 Å². The van der Waals surface area contributed by atoms with E-state index < -0.39 is 5.97 Å². The molecule has 0 atom stereocenters. The quantitative estimate of drug-likeness (QED) is 0.788. The Morgan fingerprint density at radius 1 is 1.40 bits per heavy atom. The van der Waals surface area contributed by atoms with Crippen molar-refractivity contribution in [3.8, 4) is 0 Å². The first-order valence-corrected chi connectivity index (χ1v) is 4.94. The Bertz CT molecular complexity index is 511. The number of H-pyrrole nitrogens is 1. The van der Waals surface area contributed by atoms with Crippen molar-refractivity contribution in [3.05, 3.63) is 35.5 Å². The second kappa shape index (κ2) is 3.42. The van der Waals surface area contributed by atoms with Gasteiger partial charge in [-0.25, -0.2) is 4.79 Å². The third-order valence-electron chi connectivity index (χ3n) is 2.56. The molecule has 0 bridgehead atoms. The zero-order valence-corrected chi connectivity index (χ0v) is 8.74. The molecule has 0 aliphatic heterocycles.